The minimum Gasteiger partial charge on any atom is -1.00 e. The van der Waals surface area contributed by atoms with Crippen molar-refractivity contribution in [2.24, 2.45) is 0 Å². The van der Waals surface area contributed by atoms with Crippen LogP contribution in [0.15, 0.2) is 87.1 Å². The zero-order valence-electron chi connectivity index (χ0n) is 16.2. The van der Waals surface area contributed by atoms with Gasteiger partial charge in [0.15, 0.2) is 35.0 Å². The number of hydrogen-bond acceptors (Lipinski definition) is 0. The Labute approximate surface area is 207 Å². The second-order valence-corrected chi connectivity index (χ2v) is 5.08. The van der Waals surface area contributed by atoms with E-state index >= 15 is 0 Å². The standard InChI is InChI=1S/3C6F5.3FH.Mo/c3*7-2-1-3(8)5(10)6(11)4(2)9;;;;/h;;;3*1H;/q;;;;;;+3/p-3. The molecule has 3 rings (SSSR count). The van der Waals surface area contributed by atoms with Crippen LogP contribution in [0.4, 0.5) is 65.9 Å². The van der Waals surface area contributed by atoms with Crippen LogP contribution in [-0.2, 0) is 21.1 Å². The van der Waals surface area contributed by atoms with E-state index < -0.39 is 88.4 Å². The average molecular weight is 654 g/mol. The molecular weight excluding hydrogens is 654 g/mol. The fraction of sp³-hybridized carbons (Fsp3) is 0. The minimum absolute atomic E-state index is 0. The van der Waals surface area contributed by atoms with Gasteiger partial charge in [-0.25, -0.2) is 26.3 Å². The van der Waals surface area contributed by atoms with Crippen molar-refractivity contribution >= 4 is 0 Å². The molecule has 0 saturated carbocycles. The van der Waals surface area contributed by atoms with Crippen molar-refractivity contribution in [1.82, 2.24) is 0 Å². The van der Waals surface area contributed by atoms with E-state index in [4.69, 9.17) is 0 Å². The van der Waals surface area contributed by atoms with E-state index in [0.717, 1.165) is 17.2 Å². The van der Waals surface area contributed by atoms with Crippen LogP contribution in [0, 0.1) is 18.5 Å². The van der Waals surface area contributed by atoms with Gasteiger partial charge in [-0.3, -0.25) is 0 Å². The second kappa shape index (κ2) is 16.9. The SMILES string of the molecule is F[C]1C(F)=C=C(F)C(F)=C1F.F[C]1C(F)=C=C(F)C(F)=C1F.F[C]1C(F)=C=C(F)C(F)=C1F.[F-].[F-].[F-].[Mo+3]. The van der Waals surface area contributed by atoms with Gasteiger partial charge in [-0.2, -0.15) is 39.5 Å². The van der Waals surface area contributed by atoms with Crippen LogP contribution >= 0.6 is 0 Å². The van der Waals surface area contributed by atoms with Crippen LogP contribution in [0.1, 0.15) is 0 Å². The van der Waals surface area contributed by atoms with Gasteiger partial charge < -0.3 is 14.1 Å². The van der Waals surface area contributed by atoms with Crippen LogP contribution in [-0.4, -0.2) is 0 Å². The van der Waals surface area contributed by atoms with Gasteiger partial charge in [-0.05, 0) is 17.2 Å². The van der Waals surface area contributed by atoms with Crippen molar-refractivity contribution < 1.29 is 101 Å². The molecule has 0 amide bonds. The molecule has 19 heteroatoms. The van der Waals surface area contributed by atoms with Crippen LogP contribution in [0.5, 0.6) is 0 Å². The Balaban J connectivity index is -0.000000209. The van der Waals surface area contributed by atoms with Crippen molar-refractivity contribution in [3.05, 3.63) is 106 Å². The van der Waals surface area contributed by atoms with Crippen molar-refractivity contribution in [3.8, 4) is 0 Å². The molecule has 37 heavy (non-hydrogen) atoms. The zero-order valence-corrected chi connectivity index (χ0v) is 18.2. The molecule has 0 saturated heterocycles. The summed E-state index contributed by atoms with van der Waals surface area (Å²) in [6.07, 6.45) is -6.20. The molecule has 0 aromatic rings. The largest absolute Gasteiger partial charge is 3.00 e. The van der Waals surface area contributed by atoms with Crippen molar-refractivity contribution in [2.45, 2.75) is 0 Å². The first-order valence-corrected chi connectivity index (χ1v) is 7.33. The summed E-state index contributed by atoms with van der Waals surface area (Å²) >= 11 is 0. The summed E-state index contributed by atoms with van der Waals surface area (Å²) < 4.78 is 180. The molecule has 0 spiro atoms. The molecule has 204 valence electrons. The maximum atomic E-state index is 12.0. The zero-order chi connectivity index (χ0) is 25.8. The molecular formula is C18F18Mo. The Morgan fingerprint density at radius 3 is 0.595 bits per heavy atom. The summed E-state index contributed by atoms with van der Waals surface area (Å²) in [6, 6.07) is 0. The van der Waals surface area contributed by atoms with Gasteiger partial charge >= 0.3 is 21.1 Å². The first kappa shape index (κ1) is 41.3. The molecule has 0 nitrogen and oxygen atoms in total. The molecule has 3 aliphatic rings. The van der Waals surface area contributed by atoms with Crippen LogP contribution in [0.25, 0.3) is 0 Å². The van der Waals surface area contributed by atoms with Crippen molar-refractivity contribution in [1.29, 1.82) is 0 Å². The Morgan fingerprint density at radius 1 is 0.270 bits per heavy atom. The average Bonchev–Trinajstić information content (AvgIpc) is 2.77. The van der Waals surface area contributed by atoms with Gasteiger partial charge in [0, 0.05) is 0 Å². The van der Waals surface area contributed by atoms with E-state index in [1.165, 1.54) is 0 Å². The summed E-state index contributed by atoms with van der Waals surface area (Å²) in [7, 11) is 0. The molecule has 0 bridgehead atoms. The molecule has 0 N–H and O–H groups in total. The van der Waals surface area contributed by atoms with Gasteiger partial charge in [0.05, 0.1) is 0 Å². The quantitative estimate of drug-likeness (QED) is 0.195. The number of hydrogen-bond donors (Lipinski definition) is 0. The third-order valence-corrected chi connectivity index (χ3v) is 2.97. The molecule has 0 aliphatic heterocycles. The molecule has 0 aromatic carbocycles. The Hall–Kier alpha value is -2.79. The molecule has 0 aromatic heterocycles. The van der Waals surface area contributed by atoms with Crippen LogP contribution in [0.3, 0.4) is 0 Å². The number of rotatable bonds is 0. The molecule has 0 fully saturated rings. The molecule has 0 unspecified atom stereocenters. The Morgan fingerprint density at radius 2 is 0.432 bits per heavy atom. The van der Waals surface area contributed by atoms with Gasteiger partial charge in [0.1, 0.15) is 0 Å². The number of halogens is 18. The summed E-state index contributed by atoms with van der Waals surface area (Å²) in [4.78, 5) is 0. The molecule has 4 radical (unpaired) electrons. The minimum atomic E-state index is -2.17. The summed E-state index contributed by atoms with van der Waals surface area (Å²) in [5, 5.41) is 0. The predicted molar refractivity (Wildman–Crippen MR) is 79.0 cm³/mol. The summed E-state index contributed by atoms with van der Waals surface area (Å²) in [6.45, 7) is 0. The second-order valence-electron chi connectivity index (χ2n) is 5.08. The van der Waals surface area contributed by atoms with E-state index in [1.807, 2.05) is 0 Å². The number of allylic oxidation sites excluding steroid dienone is 9. The fourth-order valence-corrected chi connectivity index (χ4v) is 1.49. The van der Waals surface area contributed by atoms with Crippen LogP contribution < -0.4 is 14.1 Å². The third kappa shape index (κ3) is 9.88. The molecule has 0 heterocycles. The van der Waals surface area contributed by atoms with E-state index in [0.29, 0.717) is 0 Å². The van der Waals surface area contributed by atoms with Gasteiger partial charge in [-0.15, -0.1) is 0 Å². The predicted octanol–water partition coefficient (Wildman–Crippen LogP) is -0.117. The van der Waals surface area contributed by atoms with Crippen molar-refractivity contribution in [2.75, 3.05) is 0 Å². The summed E-state index contributed by atoms with van der Waals surface area (Å²) in [5.74, 6) is -23.9. The monoisotopic (exact) mass is 656 g/mol. The third-order valence-electron chi connectivity index (χ3n) is 2.97. The smallest absolute Gasteiger partial charge is 1.00 e. The Bertz CT molecular complexity index is 997. The van der Waals surface area contributed by atoms with E-state index in [-0.39, 0.29) is 35.2 Å². The van der Waals surface area contributed by atoms with E-state index in [9.17, 15) is 65.9 Å². The van der Waals surface area contributed by atoms with Gasteiger partial charge in [-0.1, -0.05) is 0 Å². The van der Waals surface area contributed by atoms with Crippen LogP contribution in [0.2, 0.25) is 0 Å². The molecule has 3 aliphatic carbocycles. The van der Waals surface area contributed by atoms with Crippen molar-refractivity contribution in [3.63, 3.8) is 0 Å². The van der Waals surface area contributed by atoms with Gasteiger partial charge in [0.25, 0.3) is 18.5 Å². The first-order chi connectivity index (χ1) is 15.1. The van der Waals surface area contributed by atoms with Gasteiger partial charge in [0.2, 0.25) is 35.0 Å². The fourth-order valence-electron chi connectivity index (χ4n) is 1.49. The van der Waals surface area contributed by atoms with E-state index in [2.05, 4.69) is 0 Å². The first-order valence-electron chi connectivity index (χ1n) is 7.33. The normalized spacial score (nSPS) is 17.9. The molecule has 0 atom stereocenters. The topological polar surface area (TPSA) is 0 Å². The Kier molecular flexibility index (Phi) is 18.8. The maximum Gasteiger partial charge on any atom is 3.00 e. The summed E-state index contributed by atoms with van der Waals surface area (Å²) in [5.41, 5.74) is 3.07. The van der Waals surface area contributed by atoms with E-state index in [1.54, 1.807) is 0 Å². The maximum absolute atomic E-state index is 12.0.